The van der Waals surface area contributed by atoms with Gasteiger partial charge in [-0.15, -0.1) is 0 Å². The molecule has 0 saturated carbocycles. The van der Waals surface area contributed by atoms with Crippen molar-refractivity contribution in [2.75, 3.05) is 0 Å². The van der Waals surface area contributed by atoms with Gasteiger partial charge in [-0.1, -0.05) is 65.8 Å². The van der Waals surface area contributed by atoms with Gasteiger partial charge in [0.2, 0.25) is 0 Å². The van der Waals surface area contributed by atoms with Crippen molar-refractivity contribution in [3.8, 4) is 29.3 Å². The molecule has 0 bridgehead atoms. The summed E-state index contributed by atoms with van der Waals surface area (Å²) in [6.07, 6.45) is 0. The molecule has 3 heteroatoms. The summed E-state index contributed by atoms with van der Waals surface area (Å²) < 4.78 is 0. The highest BCUT2D eigenvalue weighted by Gasteiger charge is 2.27. The molecule has 2 aliphatic carbocycles. The lowest BCUT2D eigenvalue weighted by Gasteiger charge is -2.19. The Bertz CT molecular complexity index is 959. The summed E-state index contributed by atoms with van der Waals surface area (Å²) in [5, 5.41) is 28.1. The van der Waals surface area contributed by atoms with Crippen molar-refractivity contribution in [2.45, 2.75) is 52.4 Å². The number of rotatable bonds is 1. The molecule has 0 radical (unpaired) electrons. The smallest absolute Gasteiger partial charge is 0.148 e. The Hall–Kier alpha value is -3.09. The maximum Gasteiger partial charge on any atom is 0.148 e. The second kappa shape index (κ2) is 6.67. The molecule has 0 spiro atoms. The monoisotopic (exact) mass is 341 g/mol. The van der Waals surface area contributed by atoms with E-state index in [4.69, 9.17) is 0 Å². The summed E-state index contributed by atoms with van der Waals surface area (Å²) in [5.74, 6) is 0. The fourth-order valence-electron chi connectivity index (χ4n) is 3.07. The highest BCUT2D eigenvalue weighted by Crippen LogP contribution is 2.42. The fraction of sp³-hybridized carbons (Fsp3) is 0.348. The molecule has 130 valence electrons. The quantitative estimate of drug-likeness (QED) is 0.624. The van der Waals surface area contributed by atoms with E-state index in [1.165, 1.54) is 5.56 Å². The van der Waals surface area contributed by atoms with Gasteiger partial charge in [-0.3, -0.25) is 0 Å². The third kappa shape index (κ3) is 3.46. The molecule has 26 heavy (non-hydrogen) atoms. The standard InChI is InChI=1S/C23H23N3/c1-22(2,3)16-7-9-17-18(10-8-16)21(23(4,5)6)11-19(17)20(14-26)15(12-24)13-25/h7-11H,1-6H3. The highest BCUT2D eigenvalue weighted by molar-refractivity contribution is 5.95. The van der Waals surface area contributed by atoms with Crippen LogP contribution in [0.15, 0.2) is 35.9 Å². The van der Waals surface area contributed by atoms with E-state index in [0.29, 0.717) is 5.56 Å². The third-order valence-corrected chi connectivity index (χ3v) is 4.55. The molecule has 2 rings (SSSR count). The van der Waals surface area contributed by atoms with Crippen LogP contribution in [0.5, 0.6) is 0 Å². The summed E-state index contributed by atoms with van der Waals surface area (Å²) in [6.45, 7) is 12.8. The first-order valence-corrected chi connectivity index (χ1v) is 8.57. The van der Waals surface area contributed by atoms with E-state index < -0.39 is 0 Å². The fourth-order valence-corrected chi connectivity index (χ4v) is 3.07. The van der Waals surface area contributed by atoms with Gasteiger partial charge in [-0.05, 0) is 39.2 Å². The number of allylic oxidation sites excluding steroid dienone is 2. The van der Waals surface area contributed by atoms with Crippen LogP contribution in [0.2, 0.25) is 0 Å². The third-order valence-electron chi connectivity index (χ3n) is 4.55. The minimum absolute atomic E-state index is 0.00308. The van der Waals surface area contributed by atoms with Crippen molar-refractivity contribution in [1.82, 2.24) is 0 Å². The largest absolute Gasteiger partial charge is 0.192 e. The molecule has 3 nitrogen and oxygen atoms in total. The van der Waals surface area contributed by atoms with Crippen molar-refractivity contribution in [1.29, 1.82) is 15.8 Å². The topological polar surface area (TPSA) is 71.4 Å². The van der Waals surface area contributed by atoms with Crippen LogP contribution in [0, 0.1) is 34.0 Å². The summed E-state index contributed by atoms with van der Waals surface area (Å²) >= 11 is 0. The van der Waals surface area contributed by atoms with Gasteiger partial charge in [-0.2, -0.15) is 15.8 Å². The van der Waals surface area contributed by atoms with Gasteiger partial charge >= 0.3 is 0 Å². The van der Waals surface area contributed by atoms with Crippen LogP contribution < -0.4 is 0 Å². The zero-order chi connectivity index (χ0) is 19.7. The molecule has 2 aliphatic rings. The van der Waals surface area contributed by atoms with E-state index in [1.807, 2.05) is 24.3 Å². The minimum Gasteiger partial charge on any atom is -0.192 e. The van der Waals surface area contributed by atoms with Gasteiger partial charge in [0.1, 0.15) is 23.8 Å². The van der Waals surface area contributed by atoms with E-state index in [0.717, 1.165) is 16.7 Å². The lowest BCUT2D eigenvalue weighted by Crippen LogP contribution is -2.10. The van der Waals surface area contributed by atoms with Crippen molar-refractivity contribution < 1.29 is 0 Å². The number of nitrogens with zero attached hydrogens (tertiary/aromatic N) is 3. The molecule has 0 aromatic heterocycles. The minimum atomic E-state index is -0.151. The maximum absolute atomic E-state index is 9.62. The summed E-state index contributed by atoms with van der Waals surface area (Å²) in [6, 6.07) is 16.0. The molecule has 0 heterocycles. The Kier molecular flexibility index (Phi) is 4.93. The van der Waals surface area contributed by atoms with Gasteiger partial charge in [0.15, 0.2) is 0 Å². The number of hydrogen-bond donors (Lipinski definition) is 0. The van der Waals surface area contributed by atoms with Crippen LogP contribution in [-0.2, 0) is 10.8 Å². The Morgan fingerprint density at radius 3 is 1.69 bits per heavy atom. The molecule has 0 amide bonds. The summed E-state index contributed by atoms with van der Waals surface area (Å²) in [4.78, 5) is 0. The van der Waals surface area contributed by atoms with Gasteiger partial charge in [0.05, 0.1) is 5.57 Å². The number of fused-ring (bicyclic) bond motifs is 1. The van der Waals surface area contributed by atoms with Gasteiger partial charge in [-0.25, -0.2) is 0 Å². The van der Waals surface area contributed by atoms with Crippen LogP contribution >= 0.6 is 0 Å². The van der Waals surface area contributed by atoms with E-state index >= 15 is 0 Å². The van der Waals surface area contributed by atoms with Crippen LogP contribution in [0.25, 0.3) is 16.7 Å². The molecule has 0 unspecified atom stereocenters. The van der Waals surface area contributed by atoms with Crippen molar-refractivity contribution in [2.24, 2.45) is 0 Å². The Morgan fingerprint density at radius 2 is 1.27 bits per heavy atom. The lowest BCUT2D eigenvalue weighted by atomic mass is 9.85. The zero-order valence-corrected chi connectivity index (χ0v) is 16.2. The van der Waals surface area contributed by atoms with Gasteiger partial charge < -0.3 is 0 Å². The molecule has 0 fully saturated rings. The molecular formula is C23H23N3. The zero-order valence-electron chi connectivity index (χ0n) is 16.2. The van der Waals surface area contributed by atoms with Crippen LogP contribution in [0.3, 0.4) is 0 Å². The first kappa shape index (κ1) is 19.2. The predicted octanol–water partition coefficient (Wildman–Crippen LogP) is 5.71. The number of nitriles is 3. The van der Waals surface area contributed by atoms with Crippen molar-refractivity contribution in [3.05, 3.63) is 52.6 Å². The first-order valence-electron chi connectivity index (χ1n) is 8.57. The normalized spacial score (nSPS) is 11.3. The summed E-state index contributed by atoms with van der Waals surface area (Å²) in [7, 11) is 0. The highest BCUT2D eigenvalue weighted by atomic mass is 14.3. The Balaban J connectivity index is 2.95. The molecule has 0 saturated heterocycles. The van der Waals surface area contributed by atoms with Crippen molar-refractivity contribution in [3.63, 3.8) is 0 Å². The van der Waals surface area contributed by atoms with Crippen LogP contribution in [0.1, 0.15) is 58.2 Å². The van der Waals surface area contributed by atoms with Gasteiger partial charge in [0.25, 0.3) is 0 Å². The van der Waals surface area contributed by atoms with Gasteiger partial charge in [0, 0.05) is 5.56 Å². The van der Waals surface area contributed by atoms with Crippen molar-refractivity contribution >= 4 is 5.57 Å². The van der Waals surface area contributed by atoms with E-state index in [2.05, 4.69) is 65.8 Å². The predicted molar refractivity (Wildman–Crippen MR) is 104 cm³/mol. The molecule has 0 atom stereocenters. The Morgan fingerprint density at radius 1 is 0.731 bits per heavy atom. The second-order valence-electron chi connectivity index (χ2n) is 8.51. The molecule has 0 aromatic rings. The molecule has 0 aliphatic heterocycles. The average Bonchev–Trinajstić information content (AvgIpc) is 2.75. The van der Waals surface area contributed by atoms with E-state index in [-0.39, 0.29) is 22.0 Å². The summed E-state index contributed by atoms with van der Waals surface area (Å²) in [5.41, 5.74) is 4.73. The van der Waals surface area contributed by atoms with Crippen LogP contribution in [-0.4, -0.2) is 0 Å². The second-order valence-corrected chi connectivity index (χ2v) is 8.51. The lowest BCUT2D eigenvalue weighted by molar-refractivity contribution is 0.590. The van der Waals surface area contributed by atoms with Crippen LogP contribution in [0.4, 0.5) is 0 Å². The van der Waals surface area contributed by atoms with E-state index in [1.54, 1.807) is 0 Å². The maximum atomic E-state index is 9.62. The number of hydrogen-bond acceptors (Lipinski definition) is 3. The van der Waals surface area contributed by atoms with E-state index in [9.17, 15) is 15.8 Å². The SMILES string of the molecule is CC(C)(C)c1ccc2c(C(C#N)=C(C#N)C#N)cc(C(C)(C)C)c-2cc1. The average molecular weight is 341 g/mol. The molecule has 0 aromatic carbocycles. The molecular weight excluding hydrogens is 318 g/mol. The molecule has 0 N–H and O–H groups in total. The first-order chi connectivity index (χ1) is 12.0. The Labute approximate surface area is 156 Å².